The molecule has 0 saturated carbocycles. The van der Waals surface area contributed by atoms with Crippen LogP contribution in [0.2, 0.25) is 0 Å². The van der Waals surface area contributed by atoms with Gasteiger partial charge in [0.05, 0.1) is 6.54 Å². The van der Waals surface area contributed by atoms with Crippen molar-refractivity contribution in [1.82, 2.24) is 5.32 Å². The minimum atomic E-state index is -0.502. The third-order valence-electron chi connectivity index (χ3n) is 0.726. The van der Waals surface area contributed by atoms with Gasteiger partial charge in [-0.2, -0.15) is 0 Å². The van der Waals surface area contributed by atoms with Crippen LogP contribution in [0.15, 0.2) is 0 Å². The van der Waals surface area contributed by atoms with E-state index in [0.717, 1.165) is 0 Å². The highest BCUT2D eigenvalue weighted by Gasteiger charge is 2.05. The summed E-state index contributed by atoms with van der Waals surface area (Å²) in [5, 5.41) is 1.92. The molecule has 0 rings (SSSR count). The SMILES string of the molecule is C#CCNC(=O)[C@@H](C)Cl. The van der Waals surface area contributed by atoms with Crippen LogP contribution in [0.3, 0.4) is 0 Å². The summed E-state index contributed by atoms with van der Waals surface area (Å²) in [5.41, 5.74) is 0. The van der Waals surface area contributed by atoms with E-state index in [9.17, 15) is 4.79 Å². The van der Waals surface area contributed by atoms with Gasteiger partial charge in [-0.1, -0.05) is 5.92 Å². The summed E-state index contributed by atoms with van der Waals surface area (Å²) in [6.07, 6.45) is 4.87. The molecule has 0 fully saturated rings. The van der Waals surface area contributed by atoms with Gasteiger partial charge in [0.15, 0.2) is 0 Å². The Morgan fingerprint density at radius 3 is 2.89 bits per heavy atom. The Morgan fingerprint density at radius 1 is 2.00 bits per heavy atom. The molecule has 1 amide bonds. The van der Waals surface area contributed by atoms with Gasteiger partial charge in [0.25, 0.3) is 0 Å². The normalized spacial score (nSPS) is 11.7. The Kier molecular flexibility index (Phi) is 3.90. The molecule has 0 aromatic carbocycles. The maximum Gasteiger partial charge on any atom is 0.238 e. The van der Waals surface area contributed by atoms with Crippen LogP contribution in [-0.4, -0.2) is 17.8 Å². The second-order valence-corrected chi connectivity index (χ2v) is 2.19. The molecule has 9 heavy (non-hydrogen) atoms. The Labute approximate surface area is 59.6 Å². The number of hydrogen-bond acceptors (Lipinski definition) is 1. The first-order valence-corrected chi connectivity index (χ1v) is 2.97. The van der Waals surface area contributed by atoms with Crippen molar-refractivity contribution < 1.29 is 4.79 Å². The summed E-state index contributed by atoms with van der Waals surface area (Å²) in [5.74, 6) is 2.04. The van der Waals surface area contributed by atoms with Crippen LogP contribution in [0.4, 0.5) is 0 Å². The molecule has 0 unspecified atom stereocenters. The second-order valence-electron chi connectivity index (χ2n) is 1.54. The van der Waals surface area contributed by atoms with Crippen molar-refractivity contribution in [3.63, 3.8) is 0 Å². The Balaban J connectivity index is 3.42. The van der Waals surface area contributed by atoms with Crippen molar-refractivity contribution in [1.29, 1.82) is 0 Å². The molecule has 0 heterocycles. The summed E-state index contributed by atoms with van der Waals surface area (Å²) in [7, 11) is 0. The smallest absolute Gasteiger partial charge is 0.238 e. The number of rotatable bonds is 2. The summed E-state index contributed by atoms with van der Waals surface area (Å²) in [6.45, 7) is 1.84. The van der Waals surface area contributed by atoms with Gasteiger partial charge in [-0.3, -0.25) is 4.79 Å². The van der Waals surface area contributed by atoms with Crippen LogP contribution >= 0.6 is 11.6 Å². The molecule has 0 aromatic rings. The first kappa shape index (κ1) is 8.32. The highest BCUT2D eigenvalue weighted by atomic mass is 35.5. The highest BCUT2D eigenvalue weighted by molar-refractivity contribution is 6.30. The van der Waals surface area contributed by atoms with Gasteiger partial charge in [0.2, 0.25) is 5.91 Å². The number of carbonyl (C=O) groups is 1. The van der Waals surface area contributed by atoms with E-state index >= 15 is 0 Å². The van der Waals surface area contributed by atoms with E-state index in [0.29, 0.717) is 0 Å². The zero-order chi connectivity index (χ0) is 7.28. The van der Waals surface area contributed by atoms with Crippen LogP contribution in [0.1, 0.15) is 6.92 Å². The number of amides is 1. The minimum Gasteiger partial charge on any atom is -0.344 e. The van der Waals surface area contributed by atoms with E-state index in [2.05, 4.69) is 11.2 Å². The zero-order valence-electron chi connectivity index (χ0n) is 5.15. The zero-order valence-corrected chi connectivity index (χ0v) is 5.90. The number of halogens is 1. The largest absolute Gasteiger partial charge is 0.344 e. The Bertz CT molecular complexity index is 136. The van der Waals surface area contributed by atoms with E-state index in [1.165, 1.54) is 0 Å². The lowest BCUT2D eigenvalue weighted by atomic mass is 10.4. The van der Waals surface area contributed by atoms with Crippen LogP contribution in [0.25, 0.3) is 0 Å². The fourth-order valence-electron chi connectivity index (χ4n) is 0.279. The van der Waals surface area contributed by atoms with Gasteiger partial charge >= 0.3 is 0 Å². The molecular formula is C6H8ClNO. The first-order chi connectivity index (χ1) is 4.18. The van der Waals surface area contributed by atoms with Crippen molar-refractivity contribution in [3.8, 4) is 12.3 Å². The monoisotopic (exact) mass is 145 g/mol. The van der Waals surface area contributed by atoms with Gasteiger partial charge in [-0.15, -0.1) is 18.0 Å². The van der Waals surface area contributed by atoms with E-state index < -0.39 is 5.38 Å². The average Bonchev–Trinajstić information content (AvgIpc) is 1.82. The lowest BCUT2D eigenvalue weighted by molar-refractivity contribution is -0.120. The van der Waals surface area contributed by atoms with Gasteiger partial charge < -0.3 is 5.32 Å². The predicted octanol–water partition coefficient (Wildman–Crippen LogP) is 0.363. The number of hydrogen-bond donors (Lipinski definition) is 1. The maximum atomic E-state index is 10.6. The van der Waals surface area contributed by atoms with E-state index in [1.807, 2.05) is 0 Å². The average molecular weight is 146 g/mol. The molecule has 0 aliphatic heterocycles. The Hall–Kier alpha value is -0.680. The molecule has 50 valence electrons. The quantitative estimate of drug-likeness (QED) is 0.441. The van der Waals surface area contributed by atoms with Crippen molar-refractivity contribution in [3.05, 3.63) is 0 Å². The van der Waals surface area contributed by atoms with Crippen molar-refractivity contribution in [2.24, 2.45) is 0 Å². The highest BCUT2D eigenvalue weighted by Crippen LogP contribution is 1.90. The third-order valence-corrected chi connectivity index (χ3v) is 0.924. The topological polar surface area (TPSA) is 29.1 Å². The molecule has 0 aromatic heterocycles. The minimum absolute atomic E-state index is 0.227. The second kappa shape index (κ2) is 4.22. The predicted molar refractivity (Wildman–Crippen MR) is 37.2 cm³/mol. The molecule has 0 radical (unpaired) electrons. The molecule has 0 saturated heterocycles. The lowest BCUT2D eigenvalue weighted by Gasteiger charge is -2.00. The van der Waals surface area contributed by atoms with Crippen molar-refractivity contribution >= 4 is 17.5 Å². The third kappa shape index (κ3) is 3.87. The molecular weight excluding hydrogens is 138 g/mol. The van der Waals surface area contributed by atoms with Crippen LogP contribution in [0.5, 0.6) is 0 Å². The summed E-state index contributed by atoms with van der Waals surface area (Å²) >= 11 is 5.38. The van der Waals surface area contributed by atoms with Crippen LogP contribution in [0, 0.1) is 12.3 Å². The van der Waals surface area contributed by atoms with Gasteiger partial charge in [0.1, 0.15) is 5.38 Å². The van der Waals surface area contributed by atoms with Crippen molar-refractivity contribution in [2.45, 2.75) is 12.3 Å². The van der Waals surface area contributed by atoms with E-state index in [4.69, 9.17) is 18.0 Å². The molecule has 1 atom stereocenters. The summed E-state index contributed by atoms with van der Waals surface area (Å²) < 4.78 is 0. The maximum absolute atomic E-state index is 10.6. The number of carbonyl (C=O) groups excluding carboxylic acids is 1. The molecule has 3 heteroatoms. The molecule has 0 spiro atoms. The van der Waals surface area contributed by atoms with E-state index in [-0.39, 0.29) is 12.5 Å². The first-order valence-electron chi connectivity index (χ1n) is 2.53. The number of nitrogens with one attached hydrogen (secondary N) is 1. The van der Waals surface area contributed by atoms with Gasteiger partial charge in [-0.25, -0.2) is 0 Å². The van der Waals surface area contributed by atoms with E-state index in [1.54, 1.807) is 6.92 Å². The lowest BCUT2D eigenvalue weighted by Crippen LogP contribution is -2.29. The van der Waals surface area contributed by atoms with Crippen LogP contribution < -0.4 is 5.32 Å². The molecule has 1 N–H and O–H groups in total. The summed E-state index contributed by atoms with van der Waals surface area (Å²) in [6, 6.07) is 0. The number of terminal acetylenes is 1. The van der Waals surface area contributed by atoms with Gasteiger partial charge in [-0.05, 0) is 6.92 Å². The fraction of sp³-hybridized carbons (Fsp3) is 0.500. The standard InChI is InChI=1S/C6H8ClNO/c1-3-4-8-6(9)5(2)7/h1,5H,4H2,2H3,(H,8,9)/t5-/m1/s1. The van der Waals surface area contributed by atoms with Crippen molar-refractivity contribution in [2.75, 3.05) is 6.54 Å². The molecule has 0 aliphatic carbocycles. The molecule has 0 aliphatic rings. The number of alkyl halides is 1. The Morgan fingerprint density at radius 2 is 2.56 bits per heavy atom. The fourth-order valence-corrected chi connectivity index (χ4v) is 0.356. The molecule has 2 nitrogen and oxygen atoms in total. The van der Waals surface area contributed by atoms with Crippen LogP contribution in [-0.2, 0) is 4.79 Å². The summed E-state index contributed by atoms with van der Waals surface area (Å²) in [4.78, 5) is 10.6. The molecule has 0 bridgehead atoms. The van der Waals surface area contributed by atoms with Gasteiger partial charge in [0, 0.05) is 0 Å².